The van der Waals surface area contributed by atoms with Crippen LogP contribution in [-0.4, -0.2) is 42.0 Å². The van der Waals surface area contributed by atoms with Gasteiger partial charge in [0.1, 0.15) is 11.5 Å². The van der Waals surface area contributed by atoms with Crippen molar-refractivity contribution in [3.05, 3.63) is 34.2 Å². The summed E-state index contributed by atoms with van der Waals surface area (Å²) in [5.74, 6) is -0.409. The van der Waals surface area contributed by atoms with Gasteiger partial charge in [-0.1, -0.05) is 15.9 Å². The van der Waals surface area contributed by atoms with Crippen molar-refractivity contribution < 1.29 is 9.18 Å². The number of aromatic amines is 1. The van der Waals surface area contributed by atoms with E-state index in [2.05, 4.69) is 26.2 Å². The number of carbonyl (C=O) groups is 1. The first-order chi connectivity index (χ1) is 9.15. The van der Waals surface area contributed by atoms with E-state index in [1.165, 1.54) is 6.07 Å². The molecule has 20 heavy (non-hydrogen) atoms. The third-order valence-electron chi connectivity index (χ3n) is 3.29. The van der Waals surface area contributed by atoms with Gasteiger partial charge in [-0.2, -0.15) is 0 Å². The Hall–Kier alpha value is -1.11. The third kappa shape index (κ3) is 2.82. The average molecular weight is 363 g/mol. The maximum atomic E-state index is 13.8. The molecular weight excluding hydrogens is 349 g/mol. The molecule has 1 aromatic carbocycles. The van der Waals surface area contributed by atoms with Gasteiger partial charge in [0, 0.05) is 36.0 Å². The molecule has 1 aliphatic rings. The van der Waals surface area contributed by atoms with Gasteiger partial charge >= 0.3 is 0 Å². The van der Waals surface area contributed by atoms with Crippen LogP contribution in [0.5, 0.6) is 0 Å². The van der Waals surface area contributed by atoms with Gasteiger partial charge in [0.15, 0.2) is 0 Å². The summed E-state index contributed by atoms with van der Waals surface area (Å²) in [5.41, 5.74) is 1.07. The number of piperazine rings is 1. The van der Waals surface area contributed by atoms with Crippen molar-refractivity contribution >= 4 is 45.1 Å². The van der Waals surface area contributed by atoms with Crippen LogP contribution in [0.15, 0.2) is 22.7 Å². The second-order valence-electron chi connectivity index (χ2n) is 4.57. The molecule has 2 aromatic rings. The lowest BCUT2D eigenvalue weighted by molar-refractivity contribution is 0.0731. The van der Waals surface area contributed by atoms with Crippen molar-refractivity contribution in [3.63, 3.8) is 0 Å². The Kier molecular flexibility index (Phi) is 4.67. The van der Waals surface area contributed by atoms with Gasteiger partial charge < -0.3 is 15.2 Å². The zero-order valence-corrected chi connectivity index (χ0v) is 13.0. The van der Waals surface area contributed by atoms with E-state index in [4.69, 9.17) is 0 Å². The molecule has 0 aliphatic carbocycles. The van der Waals surface area contributed by atoms with Gasteiger partial charge in [-0.25, -0.2) is 4.39 Å². The van der Waals surface area contributed by atoms with Crippen LogP contribution in [0.3, 0.4) is 0 Å². The molecule has 1 aliphatic heterocycles. The summed E-state index contributed by atoms with van der Waals surface area (Å²) in [4.78, 5) is 17.1. The van der Waals surface area contributed by atoms with Crippen molar-refractivity contribution in [2.45, 2.75) is 0 Å². The predicted molar refractivity (Wildman–Crippen MR) is 82.0 cm³/mol. The Bertz CT molecular complexity index is 640. The number of amides is 1. The van der Waals surface area contributed by atoms with Gasteiger partial charge in [-0.05, 0) is 18.2 Å². The van der Waals surface area contributed by atoms with Crippen LogP contribution in [0.1, 0.15) is 10.5 Å². The molecule has 0 radical (unpaired) electrons. The number of rotatable bonds is 1. The number of H-pyrrole nitrogens is 1. The normalized spacial score (nSPS) is 15.2. The van der Waals surface area contributed by atoms with E-state index in [9.17, 15) is 9.18 Å². The molecule has 1 fully saturated rings. The highest BCUT2D eigenvalue weighted by atomic mass is 79.9. The first-order valence-corrected chi connectivity index (χ1v) is 6.92. The van der Waals surface area contributed by atoms with Crippen molar-refractivity contribution in [1.82, 2.24) is 15.2 Å². The van der Waals surface area contributed by atoms with Crippen LogP contribution < -0.4 is 5.32 Å². The molecule has 108 valence electrons. The summed E-state index contributed by atoms with van der Waals surface area (Å²) < 4.78 is 14.4. The lowest BCUT2D eigenvalue weighted by Gasteiger charge is -2.26. The van der Waals surface area contributed by atoms with Crippen LogP contribution >= 0.6 is 28.3 Å². The molecular formula is C13H14BrClFN3O. The lowest BCUT2D eigenvalue weighted by Crippen LogP contribution is -2.46. The highest BCUT2D eigenvalue weighted by Gasteiger charge is 2.20. The zero-order valence-electron chi connectivity index (χ0n) is 10.6. The molecule has 0 spiro atoms. The summed E-state index contributed by atoms with van der Waals surface area (Å²) in [6.45, 7) is 2.96. The zero-order chi connectivity index (χ0) is 13.4. The Balaban J connectivity index is 0.00000147. The summed E-state index contributed by atoms with van der Waals surface area (Å²) in [7, 11) is 0. The number of fused-ring (bicyclic) bond motifs is 1. The van der Waals surface area contributed by atoms with E-state index in [0.29, 0.717) is 34.2 Å². The average Bonchev–Trinajstić information content (AvgIpc) is 2.83. The summed E-state index contributed by atoms with van der Waals surface area (Å²) in [6.07, 6.45) is 0. The Morgan fingerprint density at radius 3 is 2.65 bits per heavy atom. The highest BCUT2D eigenvalue weighted by Crippen LogP contribution is 2.24. The molecule has 4 nitrogen and oxygen atoms in total. The summed E-state index contributed by atoms with van der Waals surface area (Å²) >= 11 is 3.24. The van der Waals surface area contributed by atoms with Crippen molar-refractivity contribution in [3.8, 4) is 0 Å². The second kappa shape index (κ2) is 6.11. The maximum absolute atomic E-state index is 13.8. The van der Waals surface area contributed by atoms with E-state index in [1.807, 2.05) is 0 Å². The summed E-state index contributed by atoms with van der Waals surface area (Å²) in [6, 6.07) is 4.75. The minimum atomic E-state index is -0.333. The molecule has 2 N–H and O–H groups in total. The highest BCUT2D eigenvalue weighted by molar-refractivity contribution is 9.10. The number of benzene rings is 1. The largest absolute Gasteiger partial charge is 0.350 e. The van der Waals surface area contributed by atoms with Crippen molar-refractivity contribution in [1.29, 1.82) is 0 Å². The SMILES string of the molecule is Cl.O=C(c1cc2c(F)cc(Br)cc2[nH]1)N1CCNCC1. The van der Waals surface area contributed by atoms with E-state index in [1.54, 1.807) is 17.0 Å². The molecule has 1 saturated heterocycles. The topological polar surface area (TPSA) is 48.1 Å². The first kappa shape index (κ1) is 15.3. The fraction of sp³-hybridized carbons (Fsp3) is 0.308. The molecule has 0 unspecified atom stereocenters. The lowest BCUT2D eigenvalue weighted by atomic mass is 10.2. The van der Waals surface area contributed by atoms with Crippen LogP contribution in [0.2, 0.25) is 0 Å². The van der Waals surface area contributed by atoms with Crippen molar-refractivity contribution in [2.75, 3.05) is 26.2 Å². The van der Waals surface area contributed by atoms with Crippen LogP contribution in [-0.2, 0) is 0 Å². The third-order valence-corrected chi connectivity index (χ3v) is 3.74. The minimum Gasteiger partial charge on any atom is -0.350 e. The number of nitrogens with one attached hydrogen (secondary N) is 2. The molecule has 0 bridgehead atoms. The standard InChI is InChI=1S/C13H13BrFN3O.ClH/c14-8-5-10(15)9-7-12(17-11(9)6-8)13(19)18-3-1-16-2-4-18;/h5-7,16-17H,1-4H2;1H. The van der Waals surface area contributed by atoms with E-state index >= 15 is 0 Å². The van der Waals surface area contributed by atoms with Gasteiger partial charge in [-0.3, -0.25) is 4.79 Å². The molecule has 1 aromatic heterocycles. The summed E-state index contributed by atoms with van der Waals surface area (Å²) in [5, 5.41) is 3.64. The molecule has 7 heteroatoms. The monoisotopic (exact) mass is 361 g/mol. The fourth-order valence-electron chi connectivity index (χ4n) is 2.31. The molecule has 0 atom stereocenters. The number of aromatic nitrogens is 1. The number of carbonyl (C=O) groups excluding carboxylic acids is 1. The van der Waals surface area contributed by atoms with Gasteiger partial charge in [0.05, 0.1) is 5.52 Å². The van der Waals surface area contributed by atoms with Crippen LogP contribution in [0, 0.1) is 5.82 Å². The number of nitrogens with zero attached hydrogens (tertiary/aromatic N) is 1. The van der Waals surface area contributed by atoms with Gasteiger partial charge in [-0.15, -0.1) is 12.4 Å². The predicted octanol–water partition coefficient (Wildman–Crippen LogP) is 2.54. The van der Waals surface area contributed by atoms with E-state index < -0.39 is 0 Å². The van der Waals surface area contributed by atoms with Crippen molar-refractivity contribution in [2.24, 2.45) is 0 Å². The fourth-order valence-corrected chi connectivity index (χ4v) is 2.74. The Labute approximate surface area is 130 Å². The van der Waals surface area contributed by atoms with Crippen LogP contribution in [0.25, 0.3) is 10.9 Å². The second-order valence-corrected chi connectivity index (χ2v) is 5.49. The minimum absolute atomic E-state index is 0. The number of halogens is 3. The molecule has 1 amide bonds. The quantitative estimate of drug-likeness (QED) is 0.819. The molecule has 3 rings (SSSR count). The van der Waals surface area contributed by atoms with E-state index in [-0.39, 0.29) is 24.1 Å². The molecule has 2 heterocycles. The Morgan fingerprint density at radius 1 is 1.25 bits per heavy atom. The smallest absolute Gasteiger partial charge is 0.270 e. The Morgan fingerprint density at radius 2 is 1.95 bits per heavy atom. The molecule has 0 saturated carbocycles. The maximum Gasteiger partial charge on any atom is 0.270 e. The number of hydrogen-bond acceptors (Lipinski definition) is 2. The van der Waals surface area contributed by atoms with Gasteiger partial charge in [0.25, 0.3) is 5.91 Å². The first-order valence-electron chi connectivity index (χ1n) is 6.13. The van der Waals surface area contributed by atoms with E-state index in [0.717, 1.165) is 13.1 Å². The van der Waals surface area contributed by atoms with Gasteiger partial charge in [0.2, 0.25) is 0 Å². The number of hydrogen-bond donors (Lipinski definition) is 2. The van der Waals surface area contributed by atoms with Crippen LogP contribution in [0.4, 0.5) is 4.39 Å².